The lowest BCUT2D eigenvalue weighted by Crippen LogP contribution is -2.23. The van der Waals surface area contributed by atoms with Crippen molar-refractivity contribution in [3.05, 3.63) is 65.7 Å². The molecule has 1 N–H and O–H groups in total. The summed E-state index contributed by atoms with van der Waals surface area (Å²) in [6, 6.07) is 14.7. The van der Waals surface area contributed by atoms with Gasteiger partial charge in [0.2, 0.25) is 5.91 Å². The van der Waals surface area contributed by atoms with Crippen LogP contribution >= 0.6 is 11.6 Å². The number of rotatable bonds is 4. The van der Waals surface area contributed by atoms with E-state index in [-0.39, 0.29) is 11.8 Å². The summed E-state index contributed by atoms with van der Waals surface area (Å²) in [5.74, 6) is 1.31. The van der Waals surface area contributed by atoms with E-state index in [1.54, 1.807) is 18.2 Å². The number of nitrogens with one attached hydrogen (secondary N) is 1. The fourth-order valence-electron chi connectivity index (χ4n) is 2.57. The molecule has 1 atom stereocenters. The zero-order chi connectivity index (χ0) is 16.1. The van der Waals surface area contributed by atoms with Crippen LogP contribution < -0.4 is 10.1 Å². The molecule has 0 radical (unpaired) electrons. The van der Waals surface area contributed by atoms with Gasteiger partial charge in [-0.15, -0.1) is 0 Å². The summed E-state index contributed by atoms with van der Waals surface area (Å²) < 4.78 is 5.87. The number of hydrogen-bond acceptors (Lipinski definition) is 2. The highest BCUT2D eigenvalue weighted by molar-refractivity contribution is 6.31. The Bertz CT molecular complexity index is 713. The van der Waals surface area contributed by atoms with Crippen LogP contribution in [0.25, 0.3) is 0 Å². The Morgan fingerprint density at radius 1 is 1.13 bits per heavy atom. The van der Waals surface area contributed by atoms with Crippen molar-refractivity contribution in [2.75, 3.05) is 5.32 Å². The molecule has 0 bridgehead atoms. The van der Waals surface area contributed by atoms with Crippen molar-refractivity contribution < 1.29 is 9.53 Å². The Balaban J connectivity index is 1.78. The first-order valence-electron chi connectivity index (χ1n) is 7.71. The first-order valence-corrected chi connectivity index (χ1v) is 8.08. The van der Waals surface area contributed by atoms with Crippen LogP contribution in [-0.2, 0) is 4.79 Å². The number of carbonyl (C=O) groups excluding carboxylic acids is 1. The maximum Gasteiger partial charge on any atom is 0.227 e. The third kappa shape index (κ3) is 4.14. The van der Waals surface area contributed by atoms with E-state index in [2.05, 4.69) is 17.5 Å². The average Bonchev–Trinajstić information content (AvgIpc) is 2.59. The van der Waals surface area contributed by atoms with Crippen molar-refractivity contribution in [3.63, 3.8) is 0 Å². The average molecular weight is 328 g/mol. The maximum absolute atomic E-state index is 12.4. The second-order valence-electron chi connectivity index (χ2n) is 5.53. The molecule has 2 aromatic carbocycles. The topological polar surface area (TPSA) is 38.3 Å². The molecule has 0 saturated heterocycles. The number of para-hydroxylation sites is 1. The van der Waals surface area contributed by atoms with Crippen molar-refractivity contribution in [3.8, 4) is 11.5 Å². The summed E-state index contributed by atoms with van der Waals surface area (Å²) in [5.41, 5.74) is 0.598. The lowest BCUT2D eigenvalue weighted by molar-refractivity contribution is -0.120. The molecular formula is C19H18ClNO2. The molecule has 0 aromatic heterocycles. The van der Waals surface area contributed by atoms with E-state index in [1.165, 1.54) is 0 Å². The van der Waals surface area contributed by atoms with E-state index >= 15 is 0 Å². The van der Waals surface area contributed by atoms with Crippen LogP contribution in [0.2, 0.25) is 5.02 Å². The van der Waals surface area contributed by atoms with Gasteiger partial charge in [-0.1, -0.05) is 42.0 Å². The molecule has 0 saturated carbocycles. The van der Waals surface area contributed by atoms with Crippen molar-refractivity contribution in [2.45, 2.75) is 19.3 Å². The highest BCUT2D eigenvalue weighted by Crippen LogP contribution is 2.33. The van der Waals surface area contributed by atoms with Crippen molar-refractivity contribution >= 4 is 23.2 Å². The first kappa shape index (κ1) is 15.6. The van der Waals surface area contributed by atoms with Crippen molar-refractivity contribution in [1.82, 2.24) is 0 Å². The standard InChI is InChI=1S/C19H18ClNO2/c20-15-11-12-18(23-16-9-5-2-6-10-16)17(13-15)21-19(22)14-7-3-1-4-8-14/h1-3,5-6,9-14H,4,7-8H2,(H,21,22). The third-order valence-electron chi connectivity index (χ3n) is 3.81. The molecule has 4 heteroatoms. The molecule has 0 spiro atoms. The number of amides is 1. The normalized spacial score (nSPS) is 16.8. The molecule has 2 aromatic rings. The van der Waals surface area contributed by atoms with Crippen LogP contribution in [0.4, 0.5) is 5.69 Å². The largest absolute Gasteiger partial charge is 0.455 e. The summed E-state index contributed by atoms with van der Waals surface area (Å²) in [4.78, 5) is 12.4. The molecule has 0 fully saturated rings. The Hall–Kier alpha value is -2.26. The van der Waals surface area contributed by atoms with Gasteiger partial charge in [0.05, 0.1) is 5.69 Å². The van der Waals surface area contributed by atoms with Gasteiger partial charge in [-0.05, 0) is 49.6 Å². The van der Waals surface area contributed by atoms with Crippen LogP contribution in [0.15, 0.2) is 60.7 Å². The van der Waals surface area contributed by atoms with E-state index in [0.717, 1.165) is 19.3 Å². The zero-order valence-corrected chi connectivity index (χ0v) is 13.4. The zero-order valence-electron chi connectivity index (χ0n) is 12.7. The van der Waals surface area contributed by atoms with Crippen LogP contribution in [-0.4, -0.2) is 5.91 Å². The van der Waals surface area contributed by atoms with Gasteiger partial charge in [-0.3, -0.25) is 4.79 Å². The van der Waals surface area contributed by atoms with E-state index < -0.39 is 0 Å². The van der Waals surface area contributed by atoms with Gasteiger partial charge in [0.25, 0.3) is 0 Å². The van der Waals surface area contributed by atoms with E-state index in [1.807, 2.05) is 30.3 Å². The van der Waals surface area contributed by atoms with E-state index in [4.69, 9.17) is 16.3 Å². The number of allylic oxidation sites excluding steroid dienone is 2. The number of anilines is 1. The molecule has 3 nitrogen and oxygen atoms in total. The van der Waals surface area contributed by atoms with Gasteiger partial charge in [-0.2, -0.15) is 0 Å². The minimum atomic E-state index is 0.00329. The quantitative estimate of drug-likeness (QED) is 0.761. The predicted octanol–water partition coefficient (Wildman–Crippen LogP) is 5.43. The molecule has 1 aliphatic rings. The van der Waals surface area contributed by atoms with Gasteiger partial charge < -0.3 is 10.1 Å². The molecule has 118 valence electrons. The summed E-state index contributed by atoms with van der Waals surface area (Å²) in [6.45, 7) is 0. The van der Waals surface area contributed by atoms with E-state index in [9.17, 15) is 4.79 Å². The van der Waals surface area contributed by atoms with Gasteiger partial charge >= 0.3 is 0 Å². The van der Waals surface area contributed by atoms with Crippen molar-refractivity contribution in [1.29, 1.82) is 0 Å². The van der Waals surface area contributed by atoms with Crippen molar-refractivity contribution in [2.24, 2.45) is 5.92 Å². The second kappa shape index (κ2) is 7.34. The van der Waals surface area contributed by atoms with Crippen LogP contribution in [0.5, 0.6) is 11.5 Å². The van der Waals surface area contributed by atoms with Crippen LogP contribution in [0.3, 0.4) is 0 Å². The highest BCUT2D eigenvalue weighted by atomic mass is 35.5. The van der Waals surface area contributed by atoms with Crippen LogP contribution in [0, 0.1) is 5.92 Å². The Morgan fingerprint density at radius 3 is 2.70 bits per heavy atom. The van der Waals surface area contributed by atoms with Crippen LogP contribution in [0.1, 0.15) is 19.3 Å². The SMILES string of the molecule is O=C(Nc1cc(Cl)ccc1Oc1ccccc1)C1CC=CCC1. The summed E-state index contributed by atoms with van der Waals surface area (Å²) in [7, 11) is 0. The van der Waals surface area contributed by atoms with Gasteiger partial charge in [0.15, 0.2) is 5.75 Å². The number of halogens is 1. The fraction of sp³-hybridized carbons (Fsp3) is 0.211. The highest BCUT2D eigenvalue weighted by Gasteiger charge is 2.20. The monoisotopic (exact) mass is 327 g/mol. The minimum Gasteiger partial charge on any atom is -0.455 e. The lowest BCUT2D eigenvalue weighted by Gasteiger charge is -2.19. The maximum atomic E-state index is 12.4. The molecule has 23 heavy (non-hydrogen) atoms. The Morgan fingerprint density at radius 2 is 1.96 bits per heavy atom. The second-order valence-corrected chi connectivity index (χ2v) is 5.96. The summed E-state index contributed by atoms with van der Waals surface area (Å²) in [5, 5.41) is 3.52. The molecule has 1 amide bonds. The number of carbonyl (C=O) groups is 1. The summed E-state index contributed by atoms with van der Waals surface area (Å²) in [6.07, 6.45) is 6.78. The fourth-order valence-corrected chi connectivity index (χ4v) is 2.74. The number of hydrogen-bond donors (Lipinski definition) is 1. The number of benzene rings is 2. The Labute approximate surface area is 140 Å². The molecule has 3 rings (SSSR count). The van der Waals surface area contributed by atoms with Gasteiger partial charge in [-0.25, -0.2) is 0 Å². The molecule has 0 aliphatic heterocycles. The molecule has 0 heterocycles. The molecule has 1 aliphatic carbocycles. The molecular weight excluding hydrogens is 310 g/mol. The first-order chi connectivity index (χ1) is 11.2. The minimum absolute atomic E-state index is 0.00329. The predicted molar refractivity (Wildman–Crippen MR) is 93.1 cm³/mol. The number of ether oxygens (including phenoxy) is 1. The summed E-state index contributed by atoms with van der Waals surface area (Å²) >= 11 is 6.07. The molecule has 1 unspecified atom stereocenters. The van der Waals surface area contributed by atoms with Gasteiger partial charge in [0, 0.05) is 10.9 Å². The van der Waals surface area contributed by atoms with Gasteiger partial charge in [0.1, 0.15) is 5.75 Å². The lowest BCUT2D eigenvalue weighted by atomic mass is 9.93. The third-order valence-corrected chi connectivity index (χ3v) is 4.05. The smallest absolute Gasteiger partial charge is 0.227 e. The van der Waals surface area contributed by atoms with E-state index in [0.29, 0.717) is 22.2 Å². The Kier molecular flexibility index (Phi) is 4.99.